The van der Waals surface area contributed by atoms with Crippen LogP contribution in [0.1, 0.15) is 18.4 Å². The molecule has 0 bridgehead atoms. The van der Waals surface area contributed by atoms with E-state index in [9.17, 15) is 4.79 Å². The van der Waals surface area contributed by atoms with E-state index < -0.39 is 0 Å². The van der Waals surface area contributed by atoms with Crippen molar-refractivity contribution in [1.82, 2.24) is 10.6 Å². The first-order valence-corrected chi connectivity index (χ1v) is 6.91. The number of amides is 1. The maximum Gasteiger partial charge on any atom is 0.239 e. The molecule has 1 fully saturated rings. The Bertz CT molecular complexity index is 460. The van der Waals surface area contributed by atoms with Crippen LogP contribution in [0.15, 0.2) is 18.2 Å². The van der Waals surface area contributed by atoms with Gasteiger partial charge in [0, 0.05) is 37.4 Å². The molecule has 0 radical (unpaired) electrons. The van der Waals surface area contributed by atoms with Crippen molar-refractivity contribution < 1.29 is 4.79 Å². The second-order valence-corrected chi connectivity index (χ2v) is 5.39. The summed E-state index contributed by atoms with van der Waals surface area (Å²) in [6, 6.07) is 6.48. The Morgan fingerprint density at radius 3 is 2.84 bits per heavy atom. The normalized spacial score (nSPS) is 14.3. The molecule has 0 atom stereocenters. The Morgan fingerprint density at radius 1 is 1.47 bits per heavy atom. The predicted molar refractivity (Wildman–Crippen MR) is 78.7 cm³/mol. The minimum absolute atomic E-state index is 0.0106. The number of hydrogen-bond acceptors (Lipinski definition) is 3. The van der Waals surface area contributed by atoms with E-state index in [1.165, 1.54) is 18.4 Å². The van der Waals surface area contributed by atoms with Crippen LogP contribution in [-0.4, -0.2) is 32.6 Å². The second kappa shape index (κ2) is 6.26. The Balaban J connectivity index is 2.10. The highest BCUT2D eigenvalue weighted by atomic mass is 35.5. The van der Waals surface area contributed by atoms with Gasteiger partial charge in [-0.15, -0.1) is 0 Å². The molecule has 1 aliphatic carbocycles. The smallest absolute Gasteiger partial charge is 0.239 e. The third kappa shape index (κ3) is 4.11. The van der Waals surface area contributed by atoms with Crippen molar-refractivity contribution in [3.05, 3.63) is 28.8 Å². The van der Waals surface area contributed by atoms with Crippen molar-refractivity contribution in [1.29, 1.82) is 0 Å². The average molecular weight is 282 g/mol. The lowest BCUT2D eigenvalue weighted by Gasteiger charge is -2.22. The van der Waals surface area contributed by atoms with Gasteiger partial charge in [-0.1, -0.05) is 17.7 Å². The number of rotatable bonds is 6. The number of hydrogen-bond donors (Lipinski definition) is 2. The molecule has 1 aromatic rings. The highest BCUT2D eigenvalue weighted by molar-refractivity contribution is 6.30. The summed E-state index contributed by atoms with van der Waals surface area (Å²) >= 11 is 6.06. The van der Waals surface area contributed by atoms with Gasteiger partial charge in [0.25, 0.3) is 0 Å². The highest BCUT2D eigenvalue weighted by Gasteiger charge is 2.21. The van der Waals surface area contributed by atoms with Crippen LogP contribution in [0.2, 0.25) is 5.02 Å². The molecular formula is C14H20ClN3O. The molecular weight excluding hydrogens is 262 g/mol. The van der Waals surface area contributed by atoms with E-state index in [1.54, 1.807) is 7.05 Å². The molecule has 19 heavy (non-hydrogen) atoms. The molecule has 4 nitrogen and oxygen atoms in total. The lowest BCUT2D eigenvalue weighted by molar-refractivity contribution is -0.119. The average Bonchev–Trinajstić information content (AvgIpc) is 3.21. The molecule has 2 rings (SSSR count). The molecule has 1 aromatic carbocycles. The number of nitrogens with one attached hydrogen (secondary N) is 2. The summed E-state index contributed by atoms with van der Waals surface area (Å²) < 4.78 is 0. The summed E-state index contributed by atoms with van der Waals surface area (Å²) in [4.78, 5) is 13.4. The Morgan fingerprint density at radius 2 is 2.21 bits per heavy atom. The quantitative estimate of drug-likeness (QED) is 0.835. The minimum atomic E-state index is -0.0106. The Labute approximate surface area is 119 Å². The first-order chi connectivity index (χ1) is 9.10. The molecule has 1 saturated carbocycles. The number of nitrogens with zero attached hydrogens (tertiary/aromatic N) is 1. The molecule has 0 aromatic heterocycles. The molecule has 0 heterocycles. The summed E-state index contributed by atoms with van der Waals surface area (Å²) in [5, 5.41) is 6.80. The van der Waals surface area contributed by atoms with E-state index >= 15 is 0 Å². The fourth-order valence-electron chi connectivity index (χ4n) is 1.96. The van der Waals surface area contributed by atoms with Crippen LogP contribution in [0.5, 0.6) is 0 Å². The van der Waals surface area contributed by atoms with Gasteiger partial charge in [0.15, 0.2) is 0 Å². The van der Waals surface area contributed by atoms with Crippen molar-refractivity contribution in [3.8, 4) is 0 Å². The van der Waals surface area contributed by atoms with Gasteiger partial charge >= 0.3 is 0 Å². The SMILES string of the molecule is CNC(=O)CN(C)c1cc(Cl)ccc1CNC1CC1. The lowest BCUT2D eigenvalue weighted by atomic mass is 10.1. The van der Waals surface area contributed by atoms with Crippen LogP contribution in [0.25, 0.3) is 0 Å². The summed E-state index contributed by atoms with van der Waals surface area (Å²) in [5.41, 5.74) is 2.17. The van der Waals surface area contributed by atoms with Crippen LogP contribution in [-0.2, 0) is 11.3 Å². The zero-order valence-electron chi connectivity index (χ0n) is 11.4. The van der Waals surface area contributed by atoms with Gasteiger partial charge in [-0.2, -0.15) is 0 Å². The van der Waals surface area contributed by atoms with Gasteiger partial charge in [0.2, 0.25) is 5.91 Å². The van der Waals surface area contributed by atoms with Crippen LogP contribution in [0.3, 0.4) is 0 Å². The van der Waals surface area contributed by atoms with Gasteiger partial charge in [0.05, 0.1) is 6.54 Å². The zero-order chi connectivity index (χ0) is 13.8. The third-order valence-corrected chi connectivity index (χ3v) is 3.51. The Kier molecular flexibility index (Phi) is 4.66. The first-order valence-electron chi connectivity index (χ1n) is 6.53. The number of halogens is 1. The van der Waals surface area contributed by atoms with Crippen molar-refractivity contribution in [3.63, 3.8) is 0 Å². The number of benzene rings is 1. The molecule has 0 saturated heterocycles. The van der Waals surface area contributed by atoms with Crippen LogP contribution in [0, 0.1) is 0 Å². The van der Waals surface area contributed by atoms with E-state index in [0.29, 0.717) is 17.6 Å². The summed E-state index contributed by atoms with van der Waals surface area (Å²) in [6.07, 6.45) is 2.52. The van der Waals surface area contributed by atoms with Gasteiger partial charge in [0.1, 0.15) is 0 Å². The molecule has 104 valence electrons. The van der Waals surface area contributed by atoms with E-state index in [4.69, 9.17) is 11.6 Å². The molecule has 1 amide bonds. The molecule has 0 unspecified atom stereocenters. The third-order valence-electron chi connectivity index (χ3n) is 3.28. The molecule has 1 aliphatic rings. The number of carbonyl (C=O) groups is 1. The lowest BCUT2D eigenvalue weighted by Crippen LogP contribution is -2.33. The van der Waals surface area contributed by atoms with E-state index in [-0.39, 0.29) is 5.91 Å². The molecule has 0 aliphatic heterocycles. The number of likely N-dealkylation sites (N-methyl/N-ethyl adjacent to an activating group) is 2. The van der Waals surface area contributed by atoms with Gasteiger partial charge in [-0.25, -0.2) is 0 Å². The number of anilines is 1. The minimum Gasteiger partial charge on any atom is -0.365 e. The Hall–Kier alpha value is -1.26. The second-order valence-electron chi connectivity index (χ2n) is 4.96. The largest absolute Gasteiger partial charge is 0.365 e. The van der Waals surface area contributed by atoms with E-state index in [0.717, 1.165) is 12.2 Å². The zero-order valence-corrected chi connectivity index (χ0v) is 12.1. The van der Waals surface area contributed by atoms with Crippen molar-refractivity contribution in [2.75, 3.05) is 25.5 Å². The monoisotopic (exact) mass is 281 g/mol. The van der Waals surface area contributed by atoms with Gasteiger partial charge in [-0.3, -0.25) is 4.79 Å². The molecule has 0 spiro atoms. The van der Waals surface area contributed by atoms with E-state index in [1.807, 2.05) is 30.1 Å². The maximum absolute atomic E-state index is 11.5. The predicted octanol–water partition coefficient (Wildman–Crippen LogP) is 1.77. The number of carbonyl (C=O) groups excluding carboxylic acids is 1. The summed E-state index contributed by atoms with van der Waals surface area (Å²) in [5.74, 6) is -0.0106. The van der Waals surface area contributed by atoms with E-state index in [2.05, 4.69) is 10.6 Å². The van der Waals surface area contributed by atoms with Crippen LogP contribution < -0.4 is 15.5 Å². The van der Waals surface area contributed by atoms with Crippen LogP contribution >= 0.6 is 11.6 Å². The van der Waals surface area contributed by atoms with Gasteiger partial charge < -0.3 is 15.5 Å². The fourth-order valence-corrected chi connectivity index (χ4v) is 2.13. The molecule has 5 heteroatoms. The van der Waals surface area contributed by atoms with Crippen molar-refractivity contribution in [2.24, 2.45) is 0 Å². The summed E-state index contributed by atoms with van der Waals surface area (Å²) in [6.45, 7) is 1.14. The van der Waals surface area contributed by atoms with Crippen LogP contribution in [0.4, 0.5) is 5.69 Å². The summed E-state index contributed by atoms with van der Waals surface area (Å²) in [7, 11) is 3.55. The van der Waals surface area contributed by atoms with Crippen molar-refractivity contribution >= 4 is 23.2 Å². The standard InChI is InChI=1S/C14H20ClN3O/c1-16-14(19)9-18(2)13-7-11(15)4-3-10(13)8-17-12-5-6-12/h3-4,7,12,17H,5-6,8-9H2,1-2H3,(H,16,19). The molecule has 2 N–H and O–H groups in total. The topological polar surface area (TPSA) is 44.4 Å². The van der Waals surface area contributed by atoms with Gasteiger partial charge in [-0.05, 0) is 30.5 Å². The first kappa shape index (κ1) is 14.2. The maximum atomic E-state index is 11.5. The highest BCUT2D eigenvalue weighted by Crippen LogP contribution is 2.26. The van der Waals surface area contributed by atoms with Crippen molar-refractivity contribution in [2.45, 2.75) is 25.4 Å². The fraction of sp³-hybridized carbons (Fsp3) is 0.500.